The highest BCUT2D eigenvalue weighted by Crippen LogP contribution is 2.35. The van der Waals surface area contributed by atoms with Crippen LogP contribution < -0.4 is 0 Å². The normalized spacial score (nSPS) is 25.3. The van der Waals surface area contributed by atoms with Gasteiger partial charge in [0.05, 0.1) is 59.2 Å². The summed E-state index contributed by atoms with van der Waals surface area (Å²) in [6, 6.07) is 12.0. The monoisotopic (exact) mass is 592 g/mol. The zero-order chi connectivity index (χ0) is 29.6. The van der Waals surface area contributed by atoms with E-state index in [-0.39, 0.29) is 35.7 Å². The quantitative estimate of drug-likeness (QED) is 0.343. The van der Waals surface area contributed by atoms with E-state index < -0.39 is 0 Å². The minimum absolute atomic E-state index is 0.0262. The SMILES string of the molecule is O=C(C1CCOC1)N1CCC[C@H]1c1nc2cc(C#Cc3ccc4[nH]c([C@@H]5CCCN5C(=O)C5CCOC5)nc4c3)ccc2[nH]1. The molecule has 8 rings (SSSR count). The Bertz CT molecular complexity index is 1660. The van der Waals surface area contributed by atoms with Crippen LogP contribution in [0.1, 0.15) is 73.4 Å². The second-order valence-electron chi connectivity index (χ2n) is 12.5. The molecule has 2 aromatic heterocycles. The molecule has 0 aliphatic carbocycles. The Morgan fingerprint density at radius 3 is 1.61 bits per heavy atom. The highest BCUT2D eigenvalue weighted by molar-refractivity contribution is 5.82. The molecular formula is C34H36N6O4. The first-order valence-electron chi connectivity index (χ1n) is 15.9. The Balaban J connectivity index is 0.994. The van der Waals surface area contributed by atoms with Crippen LogP contribution >= 0.6 is 0 Å². The molecule has 2 amide bonds. The van der Waals surface area contributed by atoms with E-state index in [1.165, 1.54) is 0 Å². The van der Waals surface area contributed by atoms with Gasteiger partial charge in [-0.15, -0.1) is 0 Å². The molecule has 10 heteroatoms. The summed E-state index contributed by atoms with van der Waals surface area (Å²) in [5, 5.41) is 0. The second kappa shape index (κ2) is 11.4. The molecular weight excluding hydrogens is 556 g/mol. The van der Waals surface area contributed by atoms with Gasteiger partial charge in [-0.25, -0.2) is 9.97 Å². The molecule has 2 unspecified atom stereocenters. The first kappa shape index (κ1) is 27.4. The summed E-state index contributed by atoms with van der Waals surface area (Å²) in [5.74, 6) is 8.57. The molecule has 4 aliphatic rings. The third-order valence-corrected chi connectivity index (χ3v) is 9.61. The van der Waals surface area contributed by atoms with Gasteiger partial charge in [0, 0.05) is 37.4 Å². The van der Waals surface area contributed by atoms with E-state index in [1.807, 2.05) is 46.2 Å². The first-order valence-corrected chi connectivity index (χ1v) is 15.9. The van der Waals surface area contributed by atoms with Crippen LogP contribution in [0.15, 0.2) is 36.4 Å². The Morgan fingerprint density at radius 2 is 1.18 bits per heavy atom. The number of nitrogens with one attached hydrogen (secondary N) is 2. The van der Waals surface area contributed by atoms with E-state index in [0.29, 0.717) is 26.4 Å². The molecule has 2 aromatic carbocycles. The number of ether oxygens (including phenoxy) is 2. The third-order valence-electron chi connectivity index (χ3n) is 9.61. The van der Waals surface area contributed by atoms with Gasteiger partial charge < -0.3 is 29.2 Å². The third kappa shape index (κ3) is 5.04. The van der Waals surface area contributed by atoms with Crippen molar-refractivity contribution in [1.29, 1.82) is 0 Å². The minimum atomic E-state index is -0.0344. The van der Waals surface area contributed by atoms with Crippen molar-refractivity contribution in [2.24, 2.45) is 11.8 Å². The molecule has 44 heavy (non-hydrogen) atoms. The standard InChI is InChI=1S/C34H36N6O4/c41-33(23-11-15-43-19-23)39-13-1-3-29(39)31-35-25-9-7-21(17-27(25)37-31)5-6-22-8-10-26-28(18-22)38-32(36-26)30-4-2-14-40(30)34(42)24-12-16-44-20-24/h7-10,17-18,23-24,29-30H,1-4,11-16,19-20H2,(H,35,37)(H,36,38)/t23?,24?,29-,30-/m0/s1. The Morgan fingerprint density at radius 1 is 0.705 bits per heavy atom. The fourth-order valence-corrected chi connectivity index (χ4v) is 7.22. The molecule has 226 valence electrons. The molecule has 4 aliphatic heterocycles. The van der Waals surface area contributed by atoms with Crippen LogP contribution in [0.4, 0.5) is 0 Å². The van der Waals surface area contributed by atoms with Crippen LogP contribution in [0.5, 0.6) is 0 Å². The molecule has 4 fully saturated rings. The highest BCUT2D eigenvalue weighted by atomic mass is 16.5. The number of nitrogens with zero attached hydrogens (tertiary/aromatic N) is 4. The van der Waals surface area contributed by atoms with Gasteiger partial charge in [0.1, 0.15) is 11.6 Å². The average Bonchev–Trinajstić information content (AvgIpc) is 3.89. The summed E-state index contributed by atoms with van der Waals surface area (Å²) in [5.41, 5.74) is 5.33. The van der Waals surface area contributed by atoms with Crippen LogP contribution in [0.2, 0.25) is 0 Å². The molecule has 0 saturated carbocycles. The predicted octanol–water partition coefficient (Wildman–Crippen LogP) is 4.24. The number of rotatable bonds is 4. The van der Waals surface area contributed by atoms with E-state index in [1.54, 1.807) is 0 Å². The molecule has 4 saturated heterocycles. The largest absolute Gasteiger partial charge is 0.381 e. The maximum atomic E-state index is 13.1. The van der Waals surface area contributed by atoms with Crippen molar-refractivity contribution in [3.05, 3.63) is 59.2 Å². The van der Waals surface area contributed by atoms with Gasteiger partial charge in [-0.2, -0.15) is 0 Å². The number of likely N-dealkylation sites (tertiary alicyclic amines) is 2. The van der Waals surface area contributed by atoms with Crippen molar-refractivity contribution in [2.75, 3.05) is 39.5 Å². The highest BCUT2D eigenvalue weighted by Gasteiger charge is 2.38. The molecule has 4 aromatic rings. The van der Waals surface area contributed by atoms with Gasteiger partial charge in [-0.05, 0) is 74.9 Å². The topological polar surface area (TPSA) is 116 Å². The first-order chi connectivity index (χ1) is 21.6. The number of imidazole rings is 2. The number of aromatic amines is 2. The van der Waals surface area contributed by atoms with E-state index in [4.69, 9.17) is 19.4 Å². The van der Waals surface area contributed by atoms with Crippen molar-refractivity contribution < 1.29 is 19.1 Å². The maximum absolute atomic E-state index is 13.1. The number of amides is 2. The van der Waals surface area contributed by atoms with Gasteiger partial charge >= 0.3 is 0 Å². The Hall–Kier alpha value is -4.20. The zero-order valence-corrected chi connectivity index (χ0v) is 24.7. The summed E-state index contributed by atoms with van der Waals surface area (Å²) < 4.78 is 10.9. The Kier molecular flexibility index (Phi) is 7.07. The van der Waals surface area contributed by atoms with E-state index in [2.05, 4.69) is 21.8 Å². The van der Waals surface area contributed by atoms with E-state index in [9.17, 15) is 9.59 Å². The van der Waals surface area contributed by atoms with Gasteiger partial charge in [0.15, 0.2) is 0 Å². The molecule has 0 bridgehead atoms. The van der Waals surface area contributed by atoms with Crippen LogP contribution in [0.25, 0.3) is 22.1 Å². The van der Waals surface area contributed by atoms with Gasteiger partial charge in [0.2, 0.25) is 11.8 Å². The van der Waals surface area contributed by atoms with Gasteiger partial charge in [-0.1, -0.05) is 11.8 Å². The van der Waals surface area contributed by atoms with Crippen molar-refractivity contribution in [3.63, 3.8) is 0 Å². The lowest BCUT2D eigenvalue weighted by atomic mass is 10.1. The number of fused-ring (bicyclic) bond motifs is 2. The summed E-state index contributed by atoms with van der Waals surface area (Å²) >= 11 is 0. The number of H-pyrrole nitrogens is 2. The van der Waals surface area contributed by atoms with E-state index in [0.717, 1.165) is 96.5 Å². The van der Waals surface area contributed by atoms with Crippen molar-refractivity contribution in [1.82, 2.24) is 29.7 Å². The smallest absolute Gasteiger partial charge is 0.228 e. The van der Waals surface area contributed by atoms with E-state index >= 15 is 0 Å². The van der Waals surface area contributed by atoms with Crippen LogP contribution in [-0.4, -0.2) is 81.1 Å². The van der Waals surface area contributed by atoms with Gasteiger partial charge in [-0.3, -0.25) is 9.59 Å². The molecule has 0 spiro atoms. The van der Waals surface area contributed by atoms with Crippen molar-refractivity contribution in [2.45, 2.75) is 50.6 Å². The minimum Gasteiger partial charge on any atom is -0.381 e. The second-order valence-corrected chi connectivity index (χ2v) is 12.5. The fourth-order valence-electron chi connectivity index (χ4n) is 7.22. The number of carbonyl (C=O) groups excluding carboxylic acids is 2. The lowest BCUT2D eigenvalue weighted by molar-refractivity contribution is -0.137. The number of hydrogen-bond donors (Lipinski definition) is 2. The summed E-state index contributed by atoms with van der Waals surface area (Å²) in [6.07, 6.45) is 5.38. The van der Waals surface area contributed by atoms with Gasteiger partial charge in [0.25, 0.3) is 0 Å². The Labute approximate surface area is 255 Å². The average molecular weight is 593 g/mol. The number of benzene rings is 2. The van der Waals surface area contributed by atoms with Crippen molar-refractivity contribution in [3.8, 4) is 11.8 Å². The lowest BCUT2D eigenvalue weighted by Crippen LogP contribution is -2.36. The summed E-state index contributed by atoms with van der Waals surface area (Å²) in [7, 11) is 0. The number of aromatic nitrogens is 4. The van der Waals surface area contributed by atoms with Crippen LogP contribution in [0, 0.1) is 23.7 Å². The number of carbonyl (C=O) groups is 2. The van der Waals surface area contributed by atoms with Crippen molar-refractivity contribution >= 4 is 33.9 Å². The van der Waals surface area contributed by atoms with Crippen LogP contribution in [0.3, 0.4) is 0 Å². The molecule has 2 N–H and O–H groups in total. The summed E-state index contributed by atoms with van der Waals surface area (Å²) in [4.78, 5) is 46.9. The summed E-state index contributed by atoms with van der Waals surface area (Å²) in [6.45, 7) is 3.91. The zero-order valence-electron chi connectivity index (χ0n) is 24.7. The fraction of sp³-hybridized carbons (Fsp3) is 0.471. The number of hydrogen-bond acceptors (Lipinski definition) is 6. The molecule has 4 atom stereocenters. The molecule has 10 nitrogen and oxygen atoms in total. The molecule has 6 heterocycles. The lowest BCUT2D eigenvalue weighted by Gasteiger charge is -2.25. The van der Waals surface area contributed by atoms with Crippen LogP contribution in [-0.2, 0) is 19.1 Å². The maximum Gasteiger partial charge on any atom is 0.228 e. The predicted molar refractivity (Wildman–Crippen MR) is 163 cm³/mol. The molecule has 0 radical (unpaired) electrons.